The van der Waals surface area contributed by atoms with Crippen LogP contribution in [0.2, 0.25) is 0 Å². The number of carbonyl (C=O) groups is 1. The quantitative estimate of drug-likeness (QED) is 0.785. The Morgan fingerprint density at radius 1 is 1.50 bits per heavy atom. The lowest BCUT2D eigenvalue weighted by molar-refractivity contribution is -0.117. The fraction of sp³-hybridized carbons (Fsp3) is 0.600. The lowest BCUT2D eigenvalue weighted by Crippen LogP contribution is -2.28. The normalized spacial score (nSPS) is 20.7. The Morgan fingerprint density at radius 2 is 2.17 bits per heavy atom. The molecule has 0 bridgehead atoms. The molecule has 1 aliphatic rings. The Labute approximate surface area is 105 Å². The molecular formula is C10H16N4O3S. The molecule has 2 rings (SSSR count). The fourth-order valence-corrected chi connectivity index (χ4v) is 3.26. The molecule has 18 heavy (non-hydrogen) atoms. The molecule has 2 heterocycles. The number of primary sulfonamides is 1. The Balaban J connectivity index is 2.20. The summed E-state index contributed by atoms with van der Waals surface area (Å²) in [4.78, 5) is 13.5. The Morgan fingerprint density at radius 3 is 2.67 bits per heavy atom. The van der Waals surface area contributed by atoms with Gasteiger partial charge in [0.1, 0.15) is 0 Å². The number of H-pyrrole nitrogens is 1. The molecule has 1 amide bonds. The minimum atomic E-state index is -3.55. The van der Waals surface area contributed by atoms with Crippen molar-refractivity contribution < 1.29 is 13.2 Å². The number of aromatic nitrogens is 2. The van der Waals surface area contributed by atoms with Gasteiger partial charge in [-0.05, 0) is 13.8 Å². The van der Waals surface area contributed by atoms with E-state index >= 15 is 0 Å². The zero-order chi connectivity index (χ0) is 13.5. The number of aromatic amines is 1. The zero-order valence-corrected chi connectivity index (χ0v) is 11.1. The van der Waals surface area contributed by atoms with E-state index < -0.39 is 10.0 Å². The van der Waals surface area contributed by atoms with Crippen LogP contribution in [0.4, 0.5) is 5.69 Å². The van der Waals surface area contributed by atoms with Gasteiger partial charge in [-0.1, -0.05) is 0 Å². The number of hydrogen-bond acceptors (Lipinski definition) is 4. The van der Waals surface area contributed by atoms with Gasteiger partial charge in [-0.25, -0.2) is 13.6 Å². The Kier molecular flexibility index (Phi) is 3.16. The Hall–Kier alpha value is -1.41. The minimum absolute atomic E-state index is 0.0868. The van der Waals surface area contributed by atoms with E-state index in [-0.39, 0.29) is 24.0 Å². The topological polar surface area (TPSA) is 109 Å². The standard InChI is InChI=1S/C10H16N4O3S/c1-6-10(7(2)13-12-6)14-4-8(3-9(14)15)5-18(11,16)17/h8H,3-5H2,1-2H3,(H,12,13)(H2,11,16,17). The van der Waals surface area contributed by atoms with Gasteiger partial charge in [0.15, 0.2) is 0 Å². The van der Waals surface area contributed by atoms with Crippen molar-refractivity contribution in [1.82, 2.24) is 10.2 Å². The maximum atomic E-state index is 11.9. The van der Waals surface area contributed by atoms with Gasteiger partial charge in [0.05, 0.1) is 22.8 Å². The van der Waals surface area contributed by atoms with Crippen LogP contribution in [0.1, 0.15) is 17.8 Å². The molecule has 7 nitrogen and oxygen atoms in total. The lowest BCUT2D eigenvalue weighted by Gasteiger charge is -2.16. The van der Waals surface area contributed by atoms with Crippen molar-refractivity contribution in [2.45, 2.75) is 20.3 Å². The predicted molar refractivity (Wildman–Crippen MR) is 66.5 cm³/mol. The smallest absolute Gasteiger partial charge is 0.227 e. The van der Waals surface area contributed by atoms with Crippen LogP contribution in [-0.2, 0) is 14.8 Å². The van der Waals surface area contributed by atoms with Crippen LogP contribution in [0.15, 0.2) is 0 Å². The van der Waals surface area contributed by atoms with E-state index in [1.54, 1.807) is 11.8 Å². The molecule has 8 heteroatoms. The molecule has 3 N–H and O–H groups in total. The summed E-state index contributed by atoms with van der Waals surface area (Å²) < 4.78 is 22.1. The molecular weight excluding hydrogens is 256 g/mol. The van der Waals surface area contributed by atoms with Crippen LogP contribution < -0.4 is 10.0 Å². The van der Waals surface area contributed by atoms with Gasteiger partial charge >= 0.3 is 0 Å². The number of anilines is 1. The second-order valence-corrected chi connectivity index (χ2v) is 6.35. The van der Waals surface area contributed by atoms with E-state index in [0.29, 0.717) is 6.54 Å². The van der Waals surface area contributed by atoms with Crippen molar-refractivity contribution in [2.24, 2.45) is 11.1 Å². The summed E-state index contributed by atoms with van der Waals surface area (Å²) in [5.74, 6) is -0.497. The number of carbonyl (C=O) groups excluding carboxylic acids is 1. The first-order valence-electron chi connectivity index (χ1n) is 5.60. The van der Waals surface area contributed by atoms with Gasteiger partial charge in [-0.3, -0.25) is 9.89 Å². The molecule has 1 aromatic heterocycles. The summed E-state index contributed by atoms with van der Waals surface area (Å²) in [5.41, 5.74) is 2.28. The van der Waals surface area contributed by atoms with E-state index in [9.17, 15) is 13.2 Å². The van der Waals surface area contributed by atoms with Gasteiger partial charge in [0.25, 0.3) is 0 Å². The zero-order valence-electron chi connectivity index (χ0n) is 10.3. The van der Waals surface area contributed by atoms with E-state index in [1.165, 1.54) is 0 Å². The summed E-state index contributed by atoms with van der Waals surface area (Å²) in [6, 6.07) is 0. The third-order valence-electron chi connectivity index (χ3n) is 3.03. The molecule has 100 valence electrons. The van der Waals surface area contributed by atoms with Crippen molar-refractivity contribution in [1.29, 1.82) is 0 Å². The maximum absolute atomic E-state index is 11.9. The summed E-state index contributed by atoms with van der Waals surface area (Å²) in [7, 11) is -3.55. The summed E-state index contributed by atoms with van der Waals surface area (Å²) in [6.07, 6.45) is 0.209. The van der Waals surface area contributed by atoms with E-state index in [0.717, 1.165) is 17.1 Å². The number of aryl methyl sites for hydroxylation is 2. The highest BCUT2D eigenvalue weighted by Crippen LogP contribution is 2.29. The van der Waals surface area contributed by atoms with Crippen LogP contribution in [0.5, 0.6) is 0 Å². The van der Waals surface area contributed by atoms with Crippen molar-refractivity contribution in [3.8, 4) is 0 Å². The van der Waals surface area contributed by atoms with E-state index in [2.05, 4.69) is 10.2 Å². The first-order chi connectivity index (χ1) is 8.28. The fourth-order valence-electron chi connectivity index (χ4n) is 2.38. The number of hydrogen-bond donors (Lipinski definition) is 2. The highest BCUT2D eigenvalue weighted by Gasteiger charge is 2.34. The minimum Gasteiger partial charge on any atom is -0.309 e. The van der Waals surface area contributed by atoms with Crippen LogP contribution >= 0.6 is 0 Å². The monoisotopic (exact) mass is 272 g/mol. The summed E-state index contributed by atoms with van der Waals surface area (Å²) >= 11 is 0. The van der Waals surface area contributed by atoms with E-state index in [4.69, 9.17) is 5.14 Å². The van der Waals surface area contributed by atoms with Crippen LogP contribution in [0, 0.1) is 19.8 Å². The van der Waals surface area contributed by atoms with Gasteiger partial charge < -0.3 is 4.90 Å². The first kappa shape index (κ1) is 13.0. The number of nitrogens with one attached hydrogen (secondary N) is 1. The average molecular weight is 272 g/mol. The predicted octanol–water partition coefficient (Wildman–Crippen LogP) is -0.332. The third-order valence-corrected chi connectivity index (χ3v) is 3.97. The highest BCUT2D eigenvalue weighted by molar-refractivity contribution is 7.89. The van der Waals surface area contributed by atoms with Crippen molar-refractivity contribution >= 4 is 21.6 Å². The molecule has 1 fully saturated rings. The lowest BCUT2D eigenvalue weighted by atomic mass is 10.1. The molecule has 0 aliphatic carbocycles. The van der Waals surface area contributed by atoms with Gasteiger partial charge in [0.2, 0.25) is 15.9 Å². The largest absolute Gasteiger partial charge is 0.309 e. The van der Waals surface area contributed by atoms with Crippen LogP contribution in [0.3, 0.4) is 0 Å². The maximum Gasteiger partial charge on any atom is 0.227 e. The van der Waals surface area contributed by atoms with E-state index in [1.807, 2.05) is 6.92 Å². The van der Waals surface area contributed by atoms with Gasteiger partial charge in [-0.2, -0.15) is 5.10 Å². The molecule has 1 atom stereocenters. The van der Waals surface area contributed by atoms with Crippen LogP contribution in [-0.4, -0.2) is 36.8 Å². The first-order valence-corrected chi connectivity index (χ1v) is 7.32. The van der Waals surface area contributed by atoms with Crippen LogP contribution in [0.25, 0.3) is 0 Å². The molecule has 1 aliphatic heterocycles. The molecule has 0 spiro atoms. The highest BCUT2D eigenvalue weighted by atomic mass is 32.2. The number of nitrogens with two attached hydrogens (primary N) is 1. The van der Waals surface area contributed by atoms with Crippen molar-refractivity contribution in [3.05, 3.63) is 11.4 Å². The molecule has 1 aromatic rings. The van der Waals surface area contributed by atoms with Gasteiger partial charge in [-0.15, -0.1) is 0 Å². The second-order valence-electron chi connectivity index (χ2n) is 4.69. The molecule has 0 radical (unpaired) electrons. The molecule has 0 aromatic carbocycles. The number of rotatable bonds is 3. The van der Waals surface area contributed by atoms with Crippen molar-refractivity contribution in [3.63, 3.8) is 0 Å². The average Bonchev–Trinajstić information content (AvgIpc) is 2.68. The number of nitrogens with zero attached hydrogens (tertiary/aromatic N) is 2. The second kappa shape index (κ2) is 4.36. The third kappa shape index (κ3) is 2.54. The van der Waals surface area contributed by atoms with Crippen molar-refractivity contribution in [2.75, 3.05) is 17.2 Å². The Bertz CT molecular complexity index is 558. The summed E-state index contributed by atoms with van der Waals surface area (Å²) in [5, 5.41) is 11.9. The number of amides is 1. The SMILES string of the molecule is Cc1n[nH]c(C)c1N1CC(CS(N)(=O)=O)CC1=O. The molecule has 0 saturated carbocycles. The summed E-state index contributed by atoms with van der Waals surface area (Å²) in [6.45, 7) is 4.01. The number of sulfonamides is 1. The molecule has 1 unspecified atom stereocenters. The molecule has 1 saturated heterocycles. The van der Waals surface area contributed by atoms with Gasteiger partial charge in [0, 0.05) is 18.9 Å².